The number of hydrogen-bond acceptors (Lipinski definition) is 4. The maximum absolute atomic E-state index is 12.7. The highest BCUT2D eigenvalue weighted by atomic mass is 16.5. The maximum Gasteiger partial charge on any atom is 0.300 e. The van der Waals surface area contributed by atoms with E-state index in [2.05, 4.69) is 34.2 Å². The summed E-state index contributed by atoms with van der Waals surface area (Å²) < 4.78 is 5.79. The van der Waals surface area contributed by atoms with Gasteiger partial charge in [0.05, 0.1) is 0 Å². The Kier molecular flexibility index (Phi) is 6.36. The predicted molar refractivity (Wildman–Crippen MR) is 130 cm³/mol. The van der Waals surface area contributed by atoms with E-state index in [1.54, 1.807) is 11.0 Å². The molecule has 0 N–H and O–H groups in total. The van der Waals surface area contributed by atoms with Gasteiger partial charge in [0.25, 0.3) is 5.91 Å². The Labute approximate surface area is 189 Å². The standard InChI is InChI=1S/C27H27N3O2/c1-4-29-26(31)25(32-27(29)28-20(2)3)19-21-15-17-24(18-16-21)30(22-11-7-5-8-12-22)23-13-9-6-10-14-23/h5-20H,4H2,1-3H3. The minimum absolute atomic E-state index is 0.0486. The number of aliphatic imine (C=N–C) groups is 1. The van der Waals surface area contributed by atoms with Crippen LogP contribution in [0.2, 0.25) is 0 Å². The molecule has 0 aliphatic carbocycles. The first-order valence-corrected chi connectivity index (χ1v) is 10.9. The molecule has 0 radical (unpaired) electrons. The summed E-state index contributed by atoms with van der Waals surface area (Å²) in [4.78, 5) is 20.9. The zero-order chi connectivity index (χ0) is 22.5. The van der Waals surface area contributed by atoms with Crippen LogP contribution in [-0.2, 0) is 9.53 Å². The van der Waals surface area contributed by atoms with Crippen molar-refractivity contribution in [1.29, 1.82) is 0 Å². The van der Waals surface area contributed by atoms with Crippen molar-refractivity contribution < 1.29 is 9.53 Å². The van der Waals surface area contributed by atoms with Crippen LogP contribution in [0.1, 0.15) is 26.3 Å². The van der Waals surface area contributed by atoms with Crippen molar-refractivity contribution in [2.24, 2.45) is 4.99 Å². The van der Waals surface area contributed by atoms with Gasteiger partial charge in [-0.25, -0.2) is 4.99 Å². The molecule has 1 amide bonds. The highest BCUT2D eigenvalue weighted by Gasteiger charge is 2.33. The lowest BCUT2D eigenvalue weighted by Crippen LogP contribution is -2.30. The van der Waals surface area contributed by atoms with Gasteiger partial charge in [-0.1, -0.05) is 48.5 Å². The molecule has 1 heterocycles. The number of para-hydroxylation sites is 2. The summed E-state index contributed by atoms with van der Waals surface area (Å²) in [6.45, 7) is 6.35. The summed E-state index contributed by atoms with van der Waals surface area (Å²) in [7, 11) is 0. The van der Waals surface area contributed by atoms with Gasteiger partial charge in [-0.05, 0) is 68.8 Å². The fourth-order valence-electron chi connectivity index (χ4n) is 3.58. The number of carbonyl (C=O) groups excluding carboxylic acids is 1. The molecule has 0 unspecified atom stereocenters. The quantitative estimate of drug-likeness (QED) is 0.446. The smallest absolute Gasteiger partial charge is 0.300 e. The van der Waals surface area contributed by atoms with Crippen molar-refractivity contribution in [2.75, 3.05) is 11.4 Å². The monoisotopic (exact) mass is 425 g/mol. The normalized spacial score (nSPS) is 16.1. The molecule has 1 fully saturated rings. The van der Waals surface area contributed by atoms with Crippen LogP contribution in [0, 0.1) is 0 Å². The van der Waals surface area contributed by atoms with E-state index in [0.29, 0.717) is 18.3 Å². The molecule has 162 valence electrons. The summed E-state index contributed by atoms with van der Waals surface area (Å²) in [6, 6.07) is 29.0. The zero-order valence-corrected chi connectivity index (χ0v) is 18.6. The van der Waals surface area contributed by atoms with Crippen molar-refractivity contribution in [1.82, 2.24) is 4.90 Å². The summed E-state index contributed by atoms with van der Waals surface area (Å²) in [6.07, 6.45) is 1.77. The van der Waals surface area contributed by atoms with Gasteiger partial charge >= 0.3 is 6.02 Å². The second kappa shape index (κ2) is 9.52. The molecule has 0 spiro atoms. The van der Waals surface area contributed by atoms with Crippen LogP contribution < -0.4 is 4.90 Å². The van der Waals surface area contributed by atoms with E-state index in [9.17, 15) is 4.79 Å². The first kappa shape index (κ1) is 21.4. The molecule has 32 heavy (non-hydrogen) atoms. The molecule has 0 aromatic heterocycles. The lowest BCUT2D eigenvalue weighted by atomic mass is 10.1. The van der Waals surface area contributed by atoms with Crippen molar-refractivity contribution in [3.8, 4) is 0 Å². The number of amides is 1. The number of hydrogen-bond donors (Lipinski definition) is 0. The molecular weight excluding hydrogens is 398 g/mol. The fourth-order valence-corrected chi connectivity index (χ4v) is 3.58. The van der Waals surface area contributed by atoms with E-state index >= 15 is 0 Å². The van der Waals surface area contributed by atoms with Crippen molar-refractivity contribution in [3.63, 3.8) is 0 Å². The summed E-state index contributed by atoms with van der Waals surface area (Å²) in [5.74, 6) is 0.133. The van der Waals surface area contributed by atoms with Gasteiger partial charge in [-0.3, -0.25) is 9.69 Å². The molecule has 1 saturated heterocycles. The van der Waals surface area contributed by atoms with Crippen LogP contribution in [0.5, 0.6) is 0 Å². The van der Waals surface area contributed by atoms with Crippen LogP contribution in [-0.4, -0.2) is 29.4 Å². The summed E-state index contributed by atoms with van der Waals surface area (Å²) in [5.41, 5.74) is 4.07. The second-order valence-corrected chi connectivity index (χ2v) is 7.76. The fraction of sp³-hybridized carbons (Fsp3) is 0.185. The van der Waals surface area contributed by atoms with Crippen molar-refractivity contribution >= 4 is 35.1 Å². The molecular formula is C27H27N3O2. The average Bonchev–Trinajstić information content (AvgIpc) is 3.09. The molecule has 3 aromatic rings. The lowest BCUT2D eigenvalue weighted by molar-refractivity contribution is -0.122. The number of likely N-dealkylation sites (N-methyl/N-ethyl adjacent to an activating group) is 1. The second-order valence-electron chi connectivity index (χ2n) is 7.76. The first-order valence-electron chi connectivity index (χ1n) is 10.9. The third-order valence-corrected chi connectivity index (χ3v) is 5.05. The zero-order valence-electron chi connectivity index (χ0n) is 18.6. The van der Waals surface area contributed by atoms with Crippen LogP contribution in [0.25, 0.3) is 6.08 Å². The van der Waals surface area contributed by atoms with E-state index in [1.807, 2.05) is 81.4 Å². The number of benzene rings is 3. The maximum atomic E-state index is 12.7. The molecule has 1 aliphatic heterocycles. The highest BCUT2D eigenvalue weighted by Crippen LogP contribution is 2.34. The minimum atomic E-state index is -0.161. The Morgan fingerprint density at radius 3 is 1.91 bits per heavy atom. The highest BCUT2D eigenvalue weighted by molar-refractivity contribution is 6.11. The lowest BCUT2D eigenvalue weighted by Gasteiger charge is -2.25. The van der Waals surface area contributed by atoms with Gasteiger partial charge in [-0.2, -0.15) is 0 Å². The van der Waals surface area contributed by atoms with Gasteiger partial charge in [0.15, 0.2) is 5.76 Å². The molecule has 0 bridgehead atoms. The predicted octanol–water partition coefficient (Wildman–Crippen LogP) is 6.14. The third kappa shape index (κ3) is 4.57. The van der Waals surface area contributed by atoms with Gasteiger partial charge in [0.2, 0.25) is 0 Å². The van der Waals surface area contributed by atoms with E-state index in [4.69, 9.17) is 4.74 Å². The van der Waals surface area contributed by atoms with E-state index < -0.39 is 0 Å². The number of anilines is 3. The third-order valence-electron chi connectivity index (χ3n) is 5.05. The van der Waals surface area contributed by atoms with Gasteiger partial charge < -0.3 is 9.64 Å². The van der Waals surface area contributed by atoms with Crippen molar-refractivity contribution in [2.45, 2.75) is 26.8 Å². The Hall–Kier alpha value is -3.86. The number of ether oxygens (including phenoxy) is 1. The SMILES string of the molecule is CCN1C(=O)C(=Cc2ccc(N(c3ccccc3)c3ccccc3)cc2)OC1=NC(C)C. The summed E-state index contributed by atoms with van der Waals surface area (Å²) in [5, 5.41) is 0. The van der Waals surface area contributed by atoms with Crippen LogP contribution in [0.15, 0.2) is 95.7 Å². The Bertz CT molecular complexity index is 1080. The van der Waals surface area contributed by atoms with E-state index in [-0.39, 0.29) is 11.9 Å². The summed E-state index contributed by atoms with van der Waals surface area (Å²) >= 11 is 0. The molecule has 1 aliphatic rings. The average molecular weight is 426 g/mol. The first-order chi connectivity index (χ1) is 15.6. The molecule has 4 rings (SSSR count). The molecule has 0 saturated carbocycles. The van der Waals surface area contributed by atoms with Crippen LogP contribution in [0.3, 0.4) is 0 Å². The molecule has 0 atom stereocenters. The van der Waals surface area contributed by atoms with Crippen LogP contribution in [0.4, 0.5) is 17.1 Å². The van der Waals surface area contributed by atoms with E-state index in [0.717, 1.165) is 22.6 Å². The molecule has 5 nitrogen and oxygen atoms in total. The van der Waals surface area contributed by atoms with Gasteiger partial charge in [0.1, 0.15) is 0 Å². The largest absolute Gasteiger partial charge is 0.420 e. The van der Waals surface area contributed by atoms with Crippen LogP contribution >= 0.6 is 0 Å². The molecule has 5 heteroatoms. The number of amidine groups is 1. The van der Waals surface area contributed by atoms with Gasteiger partial charge in [-0.15, -0.1) is 0 Å². The van der Waals surface area contributed by atoms with E-state index in [1.165, 1.54) is 0 Å². The number of carbonyl (C=O) groups is 1. The minimum Gasteiger partial charge on any atom is -0.420 e. The Balaban J connectivity index is 1.64. The molecule has 3 aromatic carbocycles. The Morgan fingerprint density at radius 2 is 1.41 bits per heavy atom. The Morgan fingerprint density at radius 1 is 0.875 bits per heavy atom. The number of rotatable bonds is 6. The number of nitrogens with zero attached hydrogens (tertiary/aromatic N) is 3. The van der Waals surface area contributed by atoms with Gasteiger partial charge in [0, 0.05) is 29.6 Å². The van der Waals surface area contributed by atoms with Crippen molar-refractivity contribution in [3.05, 3.63) is 96.3 Å². The topological polar surface area (TPSA) is 45.1 Å².